The van der Waals surface area contributed by atoms with Crippen molar-refractivity contribution in [1.82, 2.24) is 9.80 Å². The molecule has 0 spiro atoms. The van der Waals surface area contributed by atoms with Crippen molar-refractivity contribution in [3.05, 3.63) is 35.4 Å². The van der Waals surface area contributed by atoms with Crippen LogP contribution in [0.15, 0.2) is 24.3 Å². The van der Waals surface area contributed by atoms with Crippen LogP contribution in [0.5, 0.6) is 0 Å². The van der Waals surface area contributed by atoms with Gasteiger partial charge in [-0.1, -0.05) is 31.2 Å². The zero-order valence-electron chi connectivity index (χ0n) is 14.9. The van der Waals surface area contributed by atoms with E-state index in [2.05, 4.69) is 6.92 Å². The molecule has 0 atom stereocenters. The van der Waals surface area contributed by atoms with Gasteiger partial charge in [-0.15, -0.1) is 0 Å². The van der Waals surface area contributed by atoms with Crippen LogP contribution in [0.1, 0.15) is 30.9 Å². The number of aryl methyl sites for hydroxylation is 1. The normalized spacial score (nSPS) is 15.0. The van der Waals surface area contributed by atoms with Gasteiger partial charge in [-0.2, -0.15) is 0 Å². The molecule has 1 aromatic rings. The quantitative estimate of drug-likeness (QED) is 0.848. The molecule has 6 nitrogen and oxygen atoms in total. The first-order chi connectivity index (χ1) is 11.9. The van der Waals surface area contributed by atoms with Crippen LogP contribution in [0.2, 0.25) is 0 Å². The van der Waals surface area contributed by atoms with Crippen molar-refractivity contribution >= 4 is 17.8 Å². The maximum absolute atomic E-state index is 12.4. The Morgan fingerprint density at radius 3 is 2.32 bits per heavy atom. The Morgan fingerprint density at radius 2 is 1.76 bits per heavy atom. The van der Waals surface area contributed by atoms with E-state index in [1.807, 2.05) is 24.3 Å². The van der Waals surface area contributed by atoms with Crippen LogP contribution in [0, 0.1) is 5.92 Å². The lowest BCUT2D eigenvalue weighted by Crippen LogP contribution is -2.45. The molecule has 136 valence electrons. The molecule has 0 bridgehead atoms. The van der Waals surface area contributed by atoms with Crippen LogP contribution in [-0.2, 0) is 27.2 Å². The molecule has 1 N–H and O–H groups in total. The molecule has 1 aromatic carbocycles. The van der Waals surface area contributed by atoms with E-state index in [4.69, 9.17) is 5.11 Å². The summed E-state index contributed by atoms with van der Waals surface area (Å²) < 4.78 is 0. The number of carbonyl (C=O) groups excluding carboxylic acids is 2. The van der Waals surface area contributed by atoms with Gasteiger partial charge in [-0.25, -0.2) is 0 Å². The molecule has 1 heterocycles. The number of nitrogens with zero attached hydrogens (tertiary/aromatic N) is 2. The highest BCUT2D eigenvalue weighted by atomic mass is 16.4. The number of aliphatic carboxylic acids is 1. The number of benzene rings is 1. The minimum absolute atomic E-state index is 0.0326. The highest BCUT2D eigenvalue weighted by Crippen LogP contribution is 2.17. The number of carbonyl (C=O) groups is 3. The van der Waals surface area contributed by atoms with Crippen molar-refractivity contribution in [3.8, 4) is 0 Å². The predicted molar refractivity (Wildman–Crippen MR) is 94.1 cm³/mol. The third kappa shape index (κ3) is 5.05. The molecule has 25 heavy (non-hydrogen) atoms. The van der Waals surface area contributed by atoms with Gasteiger partial charge < -0.3 is 14.9 Å². The number of carboxylic acids is 1. The van der Waals surface area contributed by atoms with Gasteiger partial charge in [0, 0.05) is 20.1 Å². The van der Waals surface area contributed by atoms with E-state index in [1.54, 1.807) is 11.9 Å². The molecule has 6 heteroatoms. The maximum atomic E-state index is 12.4. The highest BCUT2D eigenvalue weighted by Gasteiger charge is 2.27. The van der Waals surface area contributed by atoms with E-state index >= 15 is 0 Å². The number of rotatable bonds is 6. The highest BCUT2D eigenvalue weighted by molar-refractivity contribution is 5.86. The summed E-state index contributed by atoms with van der Waals surface area (Å²) in [7, 11) is 1.64. The number of likely N-dealkylation sites (N-methyl/N-ethyl adjacent to an activating group) is 1. The summed E-state index contributed by atoms with van der Waals surface area (Å²) in [6.45, 7) is 2.97. The summed E-state index contributed by atoms with van der Waals surface area (Å²) in [5.41, 5.74) is 2.14. The monoisotopic (exact) mass is 346 g/mol. The molecule has 0 aliphatic carbocycles. The van der Waals surface area contributed by atoms with Gasteiger partial charge in [0.1, 0.15) is 0 Å². The van der Waals surface area contributed by atoms with E-state index < -0.39 is 5.97 Å². The number of piperidine rings is 1. The summed E-state index contributed by atoms with van der Waals surface area (Å²) in [5.74, 6) is -1.37. The Labute approximate surface area is 148 Å². The second-order valence-corrected chi connectivity index (χ2v) is 6.54. The maximum Gasteiger partial charge on any atom is 0.306 e. The fourth-order valence-electron chi connectivity index (χ4n) is 3.14. The van der Waals surface area contributed by atoms with Gasteiger partial charge in [0.15, 0.2) is 0 Å². The number of hydrogen-bond acceptors (Lipinski definition) is 3. The van der Waals surface area contributed by atoms with Crippen molar-refractivity contribution in [2.75, 3.05) is 26.7 Å². The molecule has 2 amide bonds. The van der Waals surface area contributed by atoms with Crippen molar-refractivity contribution in [3.63, 3.8) is 0 Å². The topological polar surface area (TPSA) is 77.9 Å². The smallest absolute Gasteiger partial charge is 0.306 e. The zero-order chi connectivity index (χ0) is 18.4. The van der Waals surface area contributed by atoms with E-state index in [9.17, 15) is 14.4 Å². The Balaban J connectivity index is 1.86. The predicted octanol–water partition coefficient (Wildman–Crippen LogP) is 1.57. The number of amides is 2. The van der Waals surface area contributed by atoms with Crippen molar-refractivity contribution in [1.29, 1.82) is 0 Å². The van der Waals surface area contributed by atoms with E-state index in [0.29, 0.717) is 25.9 Å². The minimum Gasteiger partial charge on any atom is -0.481 e. The molecule has 0 unspecified atom stereocenters. The lowest BCUT2D eigenvalue weighted by atomic mass is 9.97. The standard InChI is InChI=1S/C19H26N2O4/c1-3-14-6-4-5-7-16(14)12-17(22)20(2)13-18(23)21-10-8-15(9-11-21)19(24)25/h4-7,15H,3,8-13H2,1-2H3,(H,24,25). The fourth-order valence-corrected chi connectivity index (χ4v) is 3.14. The van der Waals surface area contributed by atoms with Crippen LogP contribution < -0.4 is 0 Å². The number of hydrogen-bond donors (Lipinski definition) is 1. The number of likely N-dealkylation sites (tertiary alicyclic amines) is 1. The minimum atomic E-state index is -0.797. The van der Waals surface area contributed by atoms with Crippen molar-refractivity contribution in [2.45, 2.75) is 32.6 Å². The second kappa shape index (κ2) is 8.65. The molecule has 0 aromatic heterocycles. The van der Waals surface area contributed by atoms with E-state index in [-0.39, 0.29) is 30.7 Å². The molecule has 2 rings (SSSR count). The van der Waals surface area contributed by atoms with Crippen molar-refractivity contribution in [2.24, 2.45) is 5.92 Å². The van der Waals surface area contributed by atoms with E-state index in [0.717, 1.165) is 17.5 Å². The second-order valence-electron chi connectivity index (χ2n) is 6.54. The molecular weight excluding hydrogens is 320 g/mol. The molecule has 0 radical (unpaired) electrons. The van der Waals surface area contributed by atoms with Gasteiger partial charge in [0.25, 0.3) is 0 Å². The molecular formula is C19H26N2O4. The summed E-state index contributed by atoms with van der Waals surface area (Å²) in [4.78, 5) is 38.8. The Kier molecular flexibility index (Phi) is 6.56. The zero-order valence-corrected chi connectivity index (χ0v) is 14.9. The Bertz CT molecular complexity index is 636. The molecule has 0 saturated carbocycles. The lowest BCUT2D eigenvalue weighted by Gasteiger charge is -2.31. The Hall–Kier alpha value is -2.37. The van der Waals surface area contributed by atoms with Gasteiger partial charge in [-0.3, -0.25) is 14.4 Å². The van der Waals surface area contributed by atoms with Crippen molar-refractivity contribution < 1.29 is 19.5 Å². The van der Waals surface area contributed by atoms with Gasteiger partial charge in [0.05, 0.1) is 18.9 Å². The van der Waals surface area contributed by atoms with Gasteiger partial charge >= 0.3 is 5.97 Å². The Morgan fingerprint density at radius 1 is 1.16 bits per heavy atom. The van der Waals surface area contributed by atoms with Crippen LogP contribution in [0.4, 0.5) is 0 Å². The summed E-state index contributed by atoms with van der Waals surface area (Å²) in [5, 5.41) is 9.01. The third-order valence-electron chi connectivity index (χ3n) is 4.84. The average Bonchev–Trinajstić information content (AvgIpc) is 2.62. The largest absolute Gasteiger partial charge is 0.481 e. The molecule has 1 fully saturated rings. The fraction of sp³-hybridized carbons (Fsp3) is 0.526. The summed E-state index contributed by atoms with van der Waals surface area (Å²) in [6, 6.07) is 7.84. The number of carboxylic acid groups (broad SMARTS) is 1. The molecule has 1 aliphatic rings. The van der Waals surface area contributed by atoms with E-state index in [1.165, 1.54) is 4.90 Å². The SMILES string of the molecule is CCc1ccccc1CC(=O)N(C)CC(=O)N1CCC(C(=O)O)CC1. The van der Waals surface area contributed by atoms with Gasteiger partial charge in [0.2, 0.25) is 11.8 Å². The van der Waals surface area contributed by atoms with Crippen LogP contribution in [-0.4, -0.2) is 59.4 Å². The van der Waals surface area contributed by atoms with Crippen LogP contribution >= 0.6 is 0 Å². The van der Waals surface area contributed by atoms with Gasteiger partial charge in [-0.05, 0) is 30.4 Å². The van der Waals surface area contributed by atoms with Crippen LogP contribution in [0.3, 0.4) is 0 Å². The lowest BCUT2D eigenvalue weighted by molar-refractivity contribution is -0.146. The average molecular weight is 346 g/mol. The first kappa shape index (κ1) is 19.0. The molecule has 1 saturated heterocycles. The molecule has 1 aliphatic heterocycles. The third-order valence-corrected chi connectivity index (χ3v) is 4.84. The summed E-state index contributed by atoms with van der Waals surface area (Å²) in [6.07, 6.45) is 2.10. The first-order valence-corrected chi connectivity index (χ1v) is 8.73. The van der Waals surface area contributed by atoms with Crippen LogP contribution in [0.25, 0.3) is 0 Å². The summed E-state index contributed by atoms with van der Waals surface area (Å²) >= 11 is 0. The first-order valence-electron chi connectivity index (χ1n) is 8.73.